The number of amides is 1. The molecule has 4 heterocycles. The van der Waals surface area contributed by atoms with Crippen molar-refractivity contribution in [3.05, 3.63) is 59.4 Å². The summed E-state index contributed by atoms with van der Waals surface area (Å²) in [7, 11) is 4.56. The lowest BCUT2D eigenvalue weighted by atomic mass is 9.81. The van der Waals surface area contributed by atoms with E-state index >= 15 is 0 Å². The molecule has 2 aromatic rings. The Balaban J connectivity index is 1.27. The van der Waals surface area contributed by atoms with Crippen LogP contribution in [-0.4, -0.2) is 127 Å². The number of benzene rings is 1. The van der Waals surface area contributed by atoms with Crippen LogP contribution in [0.3, 0.4) is 0 Å². The molecular weight excluding hydrogens is 875 g/mol. The van der Waals surface area contributed by atoms with Crippen LogP contribution < -0.4 is 0 Å². The van der Waals surface area contributed by atoms with Crippen molar-refractivity contribution in [3.8, 4) is 0 Å². The summed E-state index contributed by atoms with van der Waals surface area (Å²) in [6.07, 6.45) is 6.52. The van der Waals surface area contributed by atoms with Gasteiger partial charge in [0.2, 0.25) is 5.79 Å². The zero-order valence-corrected chi connectivity index (χ0v) is 41.5. The zero-order valence-electron chi connectivity index (χ0n) is 41.5. The van der Waals surface area contributed by atoms with Gasteiger partial charge in [-0.05, 0) is 102 Å². The first kappa shape index (κ1) is 53.3. The third kappa shape index (κ3) is 11.7. The molecule has 6 rings (SSSR count). The van der Waals surface area contributed by atoms with E-state index in [9.17, 15) is 34.2 Å². The van der Waals surface area contributed by atoms with Gasteiger partial charge in [-0.25, -0.2) is 4.79 Å². The van der Waals surface area contributed by atoms with E-state index in [-0.39, 0.29) is 61.6 Å². The summed E-state index contributed by atoms with van der Waals surface area (Å²) in [6.45, 7) is 11.1. The van der Waals surface area contributed by atoms with Gasteiger partial charge in [0.1, 0.15) is 42.5 Å². The standard InChI is InChI=1S/C53H75NO14/c1-10-37-24-31(2)23-32(3)28-52(63-8,64-9)47-21-18-34(5)53(61,68-47)49(58)50(59)54-22-14-13-16-40(54)51(60)67-48(35(6)41(55)27-42(37)56)33(4)25-36-19-20-45(46(26-36)62-7)66-30-43(57)39-29-65-44-17-12-11-15-38(39)44/h11-12,15,17,24-25,29,32,34-37,40-41,45-48,55,61H,10,13-14,16,18-23,26-28,30H2,1-9H3. The van der Waals surface area contributed by atoms with Crippen LogP contribution in [0.2, 0.25) is 0 Å². The van der Waals surface area contributed by atoms with E-state index in [1.54, 1.807) is 27.0 Å². The van der Waals surface area contributed by atoms with E-state index in [2.05, 4.69) is 0 Å². The number of piperidine rings is 1. The molecule has 1 saturated carbocycles. The molecule has 1 aliphatic carbocycles. The third-order valence-electron chi connectivity index (χ3n) is 15.2. The minimum absolute atomic E-state index is 0.0644. The first-order valence-corrected chi connectivity index (χ1v) is 24.7. The van der Waals surface area contributed by atoms with E-state index in [0.29, 0.717) is 80.9 Å². The lowest BCUT2D eigenvalue weighted by Gasteiger charge is -2.48. The Morgan fingerprint density at radius 3 is 2.40 bits per heavy atom. The van der Waals surface area contributed by atoms with Crippen LogP contribution in [0.4, 0.5) is 0 Å². The summed E-state index contributed by atoms with van der Waals surface area (Å²) in [5.41, 5.74) is 2.68. The van der Waals surface area contributed by atoms with Crippen molar-refractivity contribution in [2.45, 2.75) is 167 Å². The van der Waals surface area contributed by atoms with Crippen LogP contribution in [0, 0.1) is 29.6 Å². The molecule has 68 heavy (non-hydrogen) atoms. The number of carbonyl (C=O) groups is 5. The average Bonchev–Trinajstić information content (AvgIpc) is 3.77. The first-order chi connectivity index (χ1) is 32.4. The molecule has 1 amide bonds. The van der Waals surface area contributed by atoms with E-state index in [1.165, 1.54) is 25.4 Å². The Bertz CT molecular complexity index is 2160. The Kier molecular flexibility index (Phi) is 18.2. The molecule has 2 saturated heterocycles. The first-order valence-electron chi connectivity index (χ1n) is 24.7. The van der Waals surface area contributed by atoms with Gasteiger partial charge >= 0.3 is 5.97 Å². The molecule has 2 N–H and O–H groups in total. The summed E-state index contributed by atoms with van der Waals surface area (Å²) in [5, 5.41) is 24.7. The molecule has 3 aliphatic heterocycles. The summed E-state index contributed by atoms with van der Waals surface area (Å²) >= 11 is 0. The van der Waals surface area contributed by atoms with Gasteiger partial charge in [0.25, 0.3) is 11.7 Å². The third-order valence-corrected chi connectivity index (χ3v) is 15.2. The number of ether oxygens (including phenoxy) is 6. The highest BCUT2D eigenvalue weighted by Crippen LogP contribution is 2.42. The summed E-state index contributed by atoms with van der Waals surface area (Å²) in [6, 6.07) is 6.17. The van der Waals surface area contributed by atoms with E-state index in [1.807, 2.05) is 58.0 Å². The number of aliphatic hydroxyl groups excluding tert-OH is 1. The van der Waals surface area contributed by atoms with Crippen LogP contribution >= 0.6 is 0 Å². The van der Waals surface area contributed by atoms with Gasteiger partial charge < -0.3 is 48.0 Å². The second kappa shape index (κ2) is 23.2. The Labute approximate surface area is 401 Å². The fraction of sp³-hybridized carbons (Fsp3) is 0.679. The molecule has 3 fully saturated rings. The number of methoxy groups -OCH3 is 3. The van der Waals surface area contributed by atoms with Crippen molar-refractivity contribution in [2.24, 2.45) is 29.6 Å². The number of Topliss-reactive ketones (excluding diaryl/α,β-unsaturated/α-hetero) is 3. The largest absolute Gasteiger partial charge is 0.464 e. The lowest BCUT2D eigenvalue weighted by molar-refractivity contribution is -0.344. The number of furan rings is 1. The number of carbonyl (C=O) groups excluding carboxylic acids is 5. The maximum Gasteiger partial charge on any atom is 0.329 e. The van der Waals surface area contributed by atoms with Crippen molar-refractivity contribution in [2.75, 3.05) is 34.5 Å². The summed E-state index contributed by atoms with van der Waals surface area (Å²) < 4.78 is 42.3. The van der Waals surface area contributed by atoms with Gasteiger partial charge in [0.15, 0.2) is 11.6 Å². The highest BCUT2D eigenvalue weighted by Gasteiger charge is 2.57. The quantitative estimate of drug-likeness (QED) is 0.0782. The van der Waals surface area contributed by atoms with Crippen LogP contribution in [-0.2, 0) is 47.6 Å². The van der Waals surface area contributed by atoms with Crippen molar-refractivity contribution < 1.29 is 67.0 Å². The maximum absolute atomic E-state index is 14.5. The fourth-order valence-corrected chi connectivity index (χ4v) is 11.1. The van der Waals surface area contributed by atoms with E-state index < -0.39 is 71.3 Å². The predicted octanol–water partition coefficient (Wildman–Crippen LogP) is 7.48. The van der Waals surface area contributed by atoms with Crippen molar-refractivity contribution in [1.82, 2.24) is 4.90 Å². The second-order valence-corrected chi connectivity index (χ2v) is 20.0. The molecule has 15 nitrogen and oxygen atoms in total. The SMILES string of the molecule is CCC1C=C(C)CC(C)CC(OC)(OC)C2CCC(C)C(O)(O2)C(=O)C(=O)N2CCCCC2C(=O)OC(C(C)=CC2CCC(OCC(=O)c3coc4ccccc34)C(OC)C2)C(C)C(O)CC1=O. The molecule has 12 unspecified atom stereocenters. The van der Waals surface area contributed by atoms with Gasteiger partial charge in [-0.1, -0.05) is 63.6 Å². The Morgan fingerprint density at radius 2 is 1.69 bits per heavy atom. The van der Waals surface area contributed by atoms with Gasteiger partial charge in [0, 0.05) is 63.9 Å². The molecule has 15 heteroatoms. The molecule has 376 valence electrons. The second-order valence-electron chi connectivity index (χ2n) is 20.0. The summed E-state index contributed by atoms with van der Waals surface area (Å²) in [5.74, 6) is -9.41. The highest BCUT2D eigenvalue weighted by molar-refractivity contribution is 6.39. The molecule has 1 aromatic heterocycles. The number of aliphatic hydroxyl groups is 2. The van der Waals surface area contributed by atoms with E-state index in [0.717, 1.165) is 11.0 Å². The van der Waals surface area contributed by atoms with Crippen molar-refractivity contribution in [3.63, 3.8) is 0 Å². The molecular formula is C53H75NO14. The number of hydrogen-bond acceptors (Lipinski definition) is 14. The Hall–Kier alpha value is -4.09. The van der Waals surface area contributed by atoms with Gasteiger partial charge in [-0.3, -0.25) is 19.2 Å². The zero-order chi connectivity index (χ0) is 49.5. The molecule has 4 aliphatic rings. The van der Waals surface area contributed by atoms with Gasteiger partial charge in [0.05, 0.1) is 23.9 Å². The van der Waals surface area contributed by atoms with Gasteiger partial charge in [-0.2, -0.15) is 0 Å². The van der Waals surface area contributed by atoms with Crippen LogP contribution in [0.1, 0.15) is 129 Å². The number of ketones is 3. The molecule has 0 radical (unpaired) electrons. The lowest BCUT2D eigenvalue weighted by Crippen LogP contribution is -2.64. The average molecular weight is 950 g/mol. The highest BCUT2D eigenvalue weighted by atomic mass is 16.7. The minimum atomic E-state index is -2.53. The number of esters is 1. The predicted molar refractivity (Wildman–Crippen MR) is 252 cm³/mol. The van der Waals surface area contributed by atoms with Crippen LogP contribution in [0.15, 0.2) is 58.2 Å². The van der Waals surface area contributed by atoms with Crippen LogP contribution in [0.5, 0.6) is 0 Å². The molecule has 2 bridgehead atoms. The van der Waals surface area contributed by atoms with Crippen LogP contribution in [0.25, 0.3) is 11.0 Å². The number of nitrogens with zero attached hydrogens (tertiary/aromatic N) is 1. The molecule has 12 atom stereocenters. The summed E-state index contributed by atoms with van der Waals surface area (Å²) in [4.78, 5) is 71.7. The topological polar surface area (TPSA) is 198 Å². The maximum atomic E-state index is 14.5. The van der Waals surface area contributed by atoms with Gasteiger partial charge in [-0.15, -0.1) is 0 Å². The number of fused-ring (bicyclic) bond motifs is 4. The number of allylic oxidation sites excluding steroid dienone is 3. The molecule has 1 aromatic carbocycles. The molecule has 0 spiro atoms. The normalized spacial score (nSPS) is 34.2. The monoisotopic (exact) mass is 950 g/mol. The number of hydrogen-bond donors (Lipinski definition) is 2. The minimum Gasteiger partial charge on any atom is -0.464 e. The Morgan fingerprint density at radius 1 is 0.956 bits per heavy atom. The van der Waals surface area contributed by atoms with Crippen molar-refractivity contribution >= 4 is 40.2 Å². The number of cyclic esters (lactones) is 1. The number of rotatable bonds is 10. The number of para-hydroxylation sites is 1. The van der Waals surface area contributed by atoms with E-state index in [4.69, 9.17) is 32.8 Å². The fourth-order valence-electron chi connectivity index (χ4n) is 11.1. The smallest absolute Gasteiger partial charge is 0.329 e. The van der Waals surface area contributed by atoms with Crippen molar-refractivity contribution in [1.29, 1.82) is 0 Å².